The maximum Gasteiger partial charge on any atom is 0.264 e. The smallest absolute Gasteiger partial charge is 0.264 e. The summed E-state index contributed by atoms with van der Waals surface area (Å²) in [5.74, 6) is 1.07. The van der Waals surface area contributed by atoms with Gasteiger partial charge in [0.2, 0.25) is 5.13 Å². The lowest BCUT2D eigenvalue weighted by Crippen LogP contribution is -2.20. The molecule has 6 heteroatoms. The monoisotopic (exact) mass is 345 g/mol. The number of aromatic nitrogens is 2. The molecule has 1 aliphatic rings. The molecule has 0 saturated heterocycles. The third kappa shape index (κ3) is 4.12. The lowest BCUT2D eigenvalue weighted by molar-refractivity contribution is -0.118. The van der Waals surface area contributed by atoms with Crippen LogP contribution < -0.4 is 10.1 Å². The fraction of sp³-hybridized carbons (Fsp3) is 0.500. The van der Waals surface area contributed by atoms with Gasteiger partial charge in [-0.05, 0) is 37.8 Å². The third-order valence-electron chi connectivity index (χ3n) is 4.40. The Balaban J connectivity index is 1.54. The Kier molecular flexibility index (Phi) is 5.45. The van der Waals surface area contributed by atoms with Gasteiger partial charge in [0.15, 0.2) is 6.61 Å². The molecule has 1 fully saturated rings. The Morgan fingerprint density at radius 3 is 2.62 bits per heavy atom. The predicted octanol–water partition coefficient (Wildman–Crippen LogP) is 4.22. The van der Waals surface area contributed by atoms with Gasteiger partial charge < -0.3 is 4.74 Å². The molecule has 24 heavy (non-hydrogen) atoms. The van der Waals surface area contributed by atoms with Crippen LogP contribution >= 0.6 is 11.3 Å². The van der Waals surface area contributed by atoms with E-state index in [-0.39, 0.29) is 12.5 Å². The standard InChI is InChI=1S/C18H23N3O2S/c1-12-7-6-8-13(2)16(12)23-11-15(22)19-18-21-20-17(24-18)14-9-4-3-5-10-14/h6-8,14H,3-5,9-11H2,1-2H3,(H,19,21,22). The molecular weight excluding hydrogens is 322 g/mol. The highest BCUT2D eigenvalue weighted by atomic mass is 32.1. The molecule has 0 bridgehead atoms. The Bertz CT molecular complexity index is 688. The molecule has 0 aliphatic heterocycles. The average Bonchev–Trinajstić information content (AvgIpc) is 3.03. The van der Waals surface area contributed by atoms with Crippen LogP contribution in [0.4, 0.5) is 5.13 Å². The molecule has 0 spiro atoms. The summed E-state index contributed by atoms with van der Waals surface area (Å²) in [6, 6.07) is 5.93. The molecule has 5 nitrogen and oxygen atoms in total. The zero-order valence-electron chi connectivity index (χ0n) is 14.2. The Labute approximate surface area is 146 Å². The molecule has 1 heterocycles. The molecule has 1 saturated carbocycles. The molecule has 2 aromatic rings. The van der Waals surface area contributed by atoms with Gasteiger partial charge in [-0.2, -0.15) is 0 Å². The summed E-state index contributed by atoms with van der Waals surface area (Å²) in [5, 5.41) is 12.7. The zero-order valence-corrected chi connectivity index (χ0v) is 15.0. The van der Waals surface area contributed by atoms with E-state index in [1.165, 1.54) is 43.4 Å². The van der Waals surface area contributed by atoms with Gasteiger partial charge in [-0.1, -0.05) is 48.8 Å². The van der Waals surface area contributed by atoms with Crippen molar-refractivity contribution in [2.24, 2.45) is 0 Å². The van der Waals surface area contributed by atoms with Crippen molar-refractivity contribution in [3.63, 3.8) is 0 Å². The van der Waals surface area contributed by atoms with E-state index in [1.54, 1.807) is 0 Å². The van der Waals surface area contributed by atoms with Crippen LogP contribution in [-0.4, -0.2) is 22.7 Å². The Morgan fingerprint density at radius 1 is 1.21 bits per heavy atom. The summed E-state index contributed by atoms with van der Waals surface area (Å²) in [6.07, 6.45) is 6.19. The number of hydrogen-bond acceptors (Lipinski definition) is 5. The van der Waals surface area contributed by atoms with Gasteiger partial charge in [0.1, 0.15) is 10.8 Å². The first-order valence-corrected chi connectivity index (χ1v) is 9.27. The first-order chi connectivity index (χ1) is 11.6. The molecule has 1 aromatic heterocycles. The average molecular weight is 345 g/mol. The minimum absolute atomic E-state index is 0.0238. The maximum atomic E-state index is 12.1. The second-order valence-electron chi connectivity index (χ2n) is 6.34. The maximum absolute atomic E-state index is 12.1. The molecule has 1 N–H and O–H groups in total. The zero-order chi connectivity index (χ0) is 16.9. The van der Waals surface area contributed by atoms with Crippen molar-refractivity contribution in [3.8, 4) is 5.75 Å². The summed E-state index contributed by atoms with van der Waals surface area (Å²) in [5.41, 5.74) is 2.05. The summed E-state index contributed by atoms with van der Waals surface area (Å²) in [6.45, 7) is 3.92. The molecular formula is C18H23N3O2S. The van der Waals surface area contributed by atoms with Crippen molar-refractivity contribution in [2.45, 2.75) is 51.9 Å². The quantitative estimate of drug-likeness (QED) is 0.881. The van der Waals surface area contributed by atoms with Crippen LogP contribution in [0.25, 0.3) is 0 Å². The molecule has 128 valence electrons. The first kappa shape index (κ1) is 16.9. The predicted molar refractivity (Wildman–Crippen MR) is 95.8 cm³/mol. The van der Waals surface area contributed by atoms with Gasteiger partial charge in [-0.15, -0.1) is 10.2 Å². The number of carbonyl (C=O) groups is 1. The Morgan fingerprint density at radius 2 is 1.92 bits per heavy atom. The number of nitrogens with zero attached hydrogens (tertiary/aromatic N) is 2. The molecule has 0 unspecified atom stereocenters. The van der Waals surface area contributed by atoms with Crippen LogP contribution in [0, 0.1) is 13.8 Å². The topological polar surface area (TPSA) is 64.1 Å². The largest absolute Gasteiger partial charge is 0.483 e. The summed E-state index contributed by atoms with van der Waals surface area (Å²) < 4.78 is 5.67. The minimum Gasteiger partial charge on any atom is -0.483 e. The molecule has 0 atom stereocenters. The van der Waals surface area contributed by atoms with Crippen molar-refractivity contribution in [2.75, 3.05) is 11.9 Å². The number of para-hydroxylation sites is 1. The Hall–Kier alpha value is -1.95. The number of hydrogen-bond donors (Lipinski definition) is 1. The number of carbonyl (C=O) groups excluding carboxylic acids is 1. The number of ether oxygens (including phenoxy) is 1. The summed E-state index contributed by atoms with van der Waals surface area (Å²) in [4.78, 5) is 12.1. The second kappa shape index (κ2) is 7.75. The molecule has 1 aliphatic carbocycles. The molecule has 1 amide bonds. The van der Waals surface area contributed by atoms with Crippen molar-refractivity contribution in [1.82, 2.24) is 10.2 Å². The van der Waals surface area contributed by atoms with Crippen LogP contribution in [0.15, 0.2) is 18.2 Å². The minimum atomic E-state index is -0.205. The fourth-order valence-electron chi connectivity index (χ4n) is 3.12. The number of amides is 1. The summed E-state index contributed by atoms with van der Waals surface area (Å²) >= 11 is 1.49. The lowest BCUT2D eigenvalue weighted by atomic mass is 9.90. The van der Waals surface area contributed by atoms with Crippen LogP contribution in [-0.2, 0) is 4.79 Å². The van der Waals surface area contributed by atoms with E-state index in [4.69, 9.17) is 4.74 Å². The number of aryl methyl sites for hydroxylation is 2. The van der Waals surface area contributed by atoms with Crippen LogP contribution in [0.3, 0.4) is 0 Å². The normalized spacial score (nSPS) is 15.2. The number of anilines is 1. The second-order valence-corrected chi connectivity index (χ2v) is 7.35. The van der Waals surface area contributed by atoms with Gasteiger partial charge in [-0.3, -0.25) is 10.1 Å². The summed E-state index contributed by atoms with van der Waals surface area (Å²) in [7, 11) is 0. The van der Waals surface area contributed by atoms with E-state index in [2.05, 4.69) is 15.5 Å². The van der Waals surface area contributed by atoms with E-state index in [0.29, 0.717) is 11.0 Å². The van der Waals surface area contributed by atoms with Crippen molar-refractivity contribution in [1.29, 1.82) is 0 Å². The van der Waals surface area contributed by atoms with Gasteiger partial charge in [0, 0.05) is 5.92 Å². The van der Waals surface area contributed by atoms with E-state index in [0.717, 1.165) is 21.9 Å². The van der Waals surface area contributed by atoms with E-state index < -0.39 is 0 Å². The van der Waals surface area contributed by atoms with Gasteiger partial charge in [0.05, 0.1) is 0 Å². The van der Waals surface area contributed by atoms with Gasteiger partial charge >= 0.3 is 0 Å². The molecule has 1 aromatic carbocycles. The molecule has 3 rings (SSSR count). The highest BCUT2D eigenvalue weighted by Crippen LogP contribution is 2.35. The van der Waals surface area contributed by atoms with Crippen LogP contribution in [0.5, 0.6) is 5.75 Å². The molecule has 0 radical (unpaired) electrons. The number of nitrogens with one attached hydrogen (secondary N) is 1. The van der Waals surface area contributed by atoms with Gasteiger partial charge in [-0.25, -0.2) is 0 Å². The first-order valence-electron chi connectivity index (χ1n) is 8.46. The van der Waals surface area contributed by atoms with Crippen LogP contribution in [0.1, 0.15) is 54.2 Å². The highest BCUT2D eigenvalue weighted by Gasteiger charge is 2.20. The SMILES string of the molecule is Cc1cccc(C)c1OCC(=O)Nc1nnc(C2CCCCC2)s1. The van der Waals surface area contributed by atoms with E-state index >= 15 is 0 Å². The highest BCUT2D eigenvalue weighted by molar-refractivity contribution is 7.15. The van der Waals surface area contributed by atoms with Crippen molar-refractivity contribution >= 4 is 22.4 Å². The fourth-order valence-corrected chi connectivity index (χ4v) is 4.05. The van der Waals surface area contributed by atoms with Gasteiger partial charge in [0.25, 0.3) is 5.91 Å². The third-order valence-corrected chi connectivity index (χ3v) is 5.40. The number of benzene rings is 1. The number of rotatable bonds is 5. The van der Waals surface area contributed by atoms with Crippen molar-refractivity contribution in [3.05, 3.63) is 34.3 Å². The van der Waals surface area contributed by atoms with Crippen molar-refractivity contribution < 1.29 is 9.53 Å². The van der Waals surface area contributed by atoms with E-state index in [1.807, 2.05) is 32.0 Å². The van der Waals surface area contributed by atoms with Crippen LogP contribution in [0.2, 0.25) is 0 Å². The van der Waals surface area contributed by atoms with E-state index in [9.17, 15) is 4.79 Å². The lowest BCUT2D eigenvalue weighted by Gasteiger charge is -2.18.